The van der Waals surface area contributed by atoms with Gasteiger partial charge in [0.05, 0.1) is 5.39 Å². The van der Waals surface area contributed by atoms with Gasteiger partial charge in [0.25, 0.3) is 5.91 Å². The number of aromatic nitrogens is 1. The van der Waals surface area contributed by atoms with E-state index in [1.54, 1.807) is 0 Å². The lowest BCUT2D eigenvalue weighted by atomic mass is 9.92. The highest BCUT2D eigenvalue weighted by Gasteiger charge is 2.31. The monoisotopic (exact) mass is 491 g/mol. The molecular weight excluding hydrogens is 458 g/mol. The Morgan fingerprint density at radius 3 is 2.64 bits per heavy atom. The van der Waals surface area contributed by atoms with Gasteiger partial charge in [-0.2, -0.15) is 0 Å². The van der Waals surface area contributed by atoms with Gasteiger partial charge in [0.15, 0.2) is 6.61 Å². The normalized spacial score (nSPS) is 17.5. The average Bonchev–Trinajstić information content (AvgIpc) is 2.85. The molecule has 1 amide bonds. The Kier molecular flexibility index (Phi) is 6.71. The third-order valence-corrected chi connectivity index (χ3v) is 7.14. The standard InChI is InChI=1S/C28H33N3O5/c1-19-16-25(33)35-27-21-4-8-28(2,3)36-22(21)17-23(26(19)27)34-18-24(32)31-14-12-30(13-15-31)11-7-20-5-9-29-10-6-20/h5-6,9-10,16-17H,4,7-8,11-15,18H2,1-3H3. The second-order valence-corrected chi connectivity index (χ2v) is 10.3. The molecule has 8 heteroatoms. The summed E-state index contributed by atoms with van der Waals surface area (Å²) < 4.78 is 17.9. The maximum atomic E-state index is 13.0. The van der Waals surface area contributed by atoms with Crippen molar-refractivity contribution < 1.29 is 18.7 Å². The highest BCUT2D eigenvalue weighted by atomic mass is 16.5. The topological polar surface area (TPSA) is 85.1 Å². The van der Waals surface area contributed by atoms with Crippen molar-refractivity contribution in [2.75, 3.05) is 39.3 Å². The van der Waals surface area contributed by atoms with Gasteiger partial charge in [0.2, 0.25) is 0 Å². The van der Waals surface area contributed by atoms with E-state index in [4.69, 9.17) is 13.9 Å². The molecule has 36 heavy (non-hydrogen) atoms. The molecule has 190 valence electrons. The van der Waals surface area contributed by atoms with Crippen LogP contribution in [0.4, 0.5) is 0 Å². The number of hydrogen-bond acceptors (Lipinski definition) is 7. The molecule has 2 aliphatic rings. The van der Waals surface area contributed by atoms with E-state index in [1.807, 2.05) is 56.3 Å². The van der Waals surface area contributed by atoms with Crippen LogP contribution in [-0.2, 0) is 17.6 Å². The third-order valence-electron chi connectivity index (χ3n) is 7.14. The number of hydrogen-bond donors (Lipinski definition) is 0. The molecule has 0 saturated carbocycles. The Bertz CT molecular complexity index is 1310. The van der Waals surface area contributed by atoms with E-state index in [1.165, 1.54) is 11.6 Å². The van der Waals surface area contributed by atoms with E-state index in [-0.39, 0.29) is 18.1 Å². The van der Waals surface area contributed by atoms with Crippen LogP contribution in [0, 0.1) is 6.92 Å². The zero-order chi connectivity index (χ0) is 25.3. The summed E-state index contributed by atoms with van der Waals surface area (Å²) >= 11 is 0. The van der Waals surface area contributed by atoms with Crippen LogP contribution in [0.5, 0.6) is 11.5 Å². The van der Waals surface area contributed by atoms with E-state index in [0.29, 0.717) is 30.2 Å². The molecule has 3 aromatic rings. The van der Waals surface area contributed by atoms with Gasteiger partial charge in [-0.15, -0.1) is 0 Å². The number of amides is 1. The van der Waals surface area contributed by atoms with Gasteiger partial charge >= 0.3 is 5.63 Å². The van der Waals surface area contributed by atoms with Gasteiger partial charge in [0, 0.05) is 62.8 Å². The summed E-state index contributed by atoms with van der Waals surface area (Å²) in [5.74, 6) is 1.11. The first-order chi connectivity index (χ1) is 17.3. The van der Waals surface area contributed by atoms with Crippen molar-refractivity contribution in [3.63, 3.8) is 0 Å². The summed E-state index contributed by atoms with van der Waals surface area (Å²) in [6.07, 6.45) is 6.18. The molecular formula is C28H33N3O5. The van der Waals surface area contributed by atoms with Gasteiger partial charge in [-0.1, -0.05) is 0 Å². The molecule has 0 atom stereocenters. The highest BCUT2D eigenvalue weighted by molar-refractivity contribution is 5.91. The van der Waals surface area contributed by atoms with Crippen molar-refractivity contribution in [1.29, 1.82) is 0 Å². The number of piperazine rings is 1. The molecule has 0 N–H and O–H groups in total. The van der Waals surface area contributed by atoms with Gasteiger partial charge in [-0.25, -0.2) is 4.79 Å². The summed E-state index contributed by atoms with van der Waals surface area (Å²) in [7, 11) is 0. The Balaban J connectivity index is 1.25. The minimum atomic E-state index is -0.401. The fourth-order valence-corrected chi connectivity index (χ4v) is 5.02. The average molecular weight is 492 g/mol. The lowest BCUT2D eigenvalue weighted by Gasteiger charge is -2.35. The summed E-state index contributed by atoms with van der Waals surface area (Å²) in [5.41, 5.74) is 2.69. The molecule has 5 rings (SSSR count). The van der Waals surface area contributed by atoms with E-state index in [2.05, 4.69) is 9.88 Å². The predicted octanol–water partition coefficient (Wildman–Crippen LogP) is 3.37. The largest absolute Gasteiger partial charge is 0.487 e. The van der Waals surface area contributed by atoms with Crippen molar-refractivity contribution in [2.45, 2.75) is 45.6 Å². The molecule has 2 aliphatic heterocycles. The molecule has 0 spiro atoms. The van der Waals surface area contributed by atoms with Crippen LogP contribution in [0.3, 0.4) is 0 Å². The summed E-state index contributed by atoms with van der Waals surface area (Å²) in [4.78, 5) is 33.4. The number of ether oxygens (including phenoxy) is 2. The molecule has 1 fully saturated rings. The number of nitrogens with zero attached hydrogens (tertiary/aromatic N) is 3. The minimum absolute atomic E-state index is 0.0501. The number of pyridine rings is 1. The Morgan fingerprint density at radius 2 is 1.89 bits per heavy atom. The van der Waals surface area contributed by atoms with E-state index < -0.39 is 5.63 Å². The van der Waals surface area contributed by atoms with Crippen LogP contribution in [0.2, 0.25) is 0 Å². The van der Waals surface area contributed by atoms with Crippen molar-refractivity contribution in [3.05, 3.63) is 63.8 Å². The SMILES string of the molecule is Cc1cc(=O)oc2c3c(cc(OCC(=O)N4CCN(CCc5ccncc5)CC4)c12)OC(C)(C)CC3. The Labute approximate surface area is 210 Å². The maximum absolute atomic E-state index is 13.0. The zero-order valence-corrected chi connectivity index (χ0v) is 21.2. The number of benzene rings is 1. The first kappa shape index (κ1) is 24.3. The highest BCUT2D eigenvalue weighted by Crippen LogP contribution is 2.42. The van der Waals surface area contributed by atoms with E-state index in [9.17, 15) is 9.59 Å². The molecule has 0 unspecified atom stereocenters. The van der Waals surface area contributed by atoms with Crippen molar-refractivity contribution in [1.82, 2.24) is 14.8 Å². The van der Waals surface area contributed by atoms with Crippen molar-refractivity contribution in [2.24, 2.45) is 0 Å². The molecule has 8 nitrogen and oxygen atoms in total. The number of carbonyl (C=O) groups excluding carboxylic acids is 1. The first-order valence-corrected chi connectivity index (χ1v) is 12.6. The van der Waals surface area contributed by atoms with Crippen LogP contribution < -0.4 is 15.1 Å². The fourth-order valence-electron chi connectivity index (χ4n) is 5.02. The van der Waals surface area contributed by atoms with Gasteiger partial charge in [0.1, 0.15) is 22.7 Å². The van der Waals surface area contributed by atoms with Crippen LogP contribution >= 0.6 is 0 Å². The van der Waals surface area contributed by atoms with Crippen LogP contribution in [0.15, 0.2) is 45.9 Å². The molecule has 0 radical (unpaired) electrons. The summed E-state index contributed by atoms with van der Waals surface area (Å²) in [6.45, 7) is 9.85. The molecule has 1 aromatic carbocycles. The number of rotatable bonds is 6. The smallest absolute Gasteiger partial charge is 0.336 e. The van der Waals surface area contributed by atoms with Crippen LogP contribution in [0.1, 0.15) is 37.0 Å². The van der Waals surface area contributed by atoms with Crippen LogP contribution in [-0.4, -0.2) is 65.6 Å². The van der Waals surface area contributed by atoms with E-state index >= 15 is 0 Å². The Hall–Kier alpha value is -3.39. The zero-order valence-electron chi connectivity index (χ0n) is 21.2. The maximum Gasteiger partial charge on any atom is 0.336 e. The van der Waals surface area contributed by atoms with E-state index in [0.717, 1.165) is 55.4 Å². The van der Waals surface area contributed by atoms with Crippen molar-refractivity contribution >= 4 is 16.9 Å². The molecule has 4 heterocycles. The number of fused-ring (bicyclic) bond motifs is 3. The summed E-state index contributed by atoms with van der Waals surface area (Å²) in [6, 6.07) is 7.39. The summed E-state index contributed by atoms with van der Waals surface area (Å²) in [5, 5.41) is 0.727. The second-order valence-electron chi connectivity index (χ2n) is 10.3. The lowest BCUT2D eigenvalue weighted by Crippen LogP contribution is -2.50. The minimum Gasteiger partial charge on any atom is -0.487 e. The van der Waals surface area contributed by atoms with Gasteiger partial charge < -0.3 is 18.8 Å². The van der Waals surface area contributed by atoms with Crippen molar-refractivity contribution in [3.8, 4) is 11.5 Å². The van der Waals surface area contributed by atoms with Gasteiger partial charge in [-0.05, 0) is 63.3 Å². The van der Waals surface area contributed by atoms with Crippen LogP contribution in [0.25, 0.3) is 11.0 Å². The quantitative estimate of drug-likeness (QED) is 0.489. The number of aryl methyl sites for hydroxylation is 2. The second kappa shape index (κ2) is 9.93. The molecule has 2 aromatic heterocycles. The van der Waals surface area contributed by atoms with Gasteiger partial charge in [-0.3, -0.25) is 14.7 Å². The predicted molar refractivity (Wildman–Crippen MR) is 137 cm³/mol. The number of carbonyl (C=O) groups is 1. The molecule has 0 bridgehead atoms. The first-order valence-electron chi connectivity index (χ1n) is 12.6. The molecule has 1 saturated heterocycles. The third kappa shape index (κ3) is 5.23. The fraction of sp³-hybridized carbons (Fsp3) is 0.464. The lowest BCUT2D eigenvalue weighted by molar-refractivity contribution is -0.135. The molecule has 0 aliphatic carbocycles. The Morgan fingerprint density at radius 1 is 1.14 bits per heavy atom.